The van der Waals surface area contributed by atoms with Crippen molar-refractivity contribution in [2.45, 2.75) is 13.8 Å². The molecule has 1 aromatic heterocycles. The van der Waals surface area contributed by atoms with Crippen molar-refractivity contribution in [1.82, 2.24) is 9.88 Å². The van der Waals surface area contributed by atoms with Crippen LogP contribution in [-0.2, 0) is 0 Å². The zero-order valence-corrected chi connectivity index (χ0v) is 14.9. The van der Waals surface area contributed by atoms with Gasteiger partial charge in [-0.25, -0.2) is 4.98 Å². The first kappa shape index (κ1) is 17.2. The minimum atomic E-state index is 0.690. The van der Waals surface area contributed by atoms with Gasteiger partial charge in [-0.1, -0.05) is 18.2 Å². The summed E-state index contributed by atoms with van der Waals surface area (Å²) in [5.74, 6) is 1.75. The third-order valence-electron chi connectivity index (χ3n) is 4.53. The standard InChI is InChI=1S/C20H24N4O/c1-16-14-17(2)22-20(19(16)15-21)24-10-8-23(9-11-24)12-13-25-18-6-4-3-5-7-18/h3-7,14H,8-13H2,1-2H3. The second-order valence-corrected chi connectivity index (χ2v) is 6.38. The highest BCUT2D eigenvalue weighted by molar-refractivity contribution is 5.58. The van der Waals surface area contributed by atoms with Crippen LogP contribution in [0.25, 0.3) is 0 Å². The highest BCUT2D eigenvalue weighted by atomic mass is 16.5. The van der Waals surface area contributed by atoms with E-state index in [-0.39, 0.29) is 0 Å². The number of ether oxygens (including phenoxy) is 1. The molecule has 25 heavy (non-hydrogen) atoms. The van der Waals surface area contributed by atoms with E-state index in [2.05, 4.69) is 20.9 Å². The largest absolute Gasteiger partial charge is 0.492 e. The number of rotatable bonds is 5. The fraction of sp³-hybridized carbons (Fsp3) is 0.400. The molecule has 2 heterocycles. The van der Waals surface area contributed by atoms with Gasteiger partial charge in [-0.05, 0) is 37.6 Å². The fourth-order valence-corrected chi connectivity index (χ4v) is 3.18. The van der Waals surface area contributed by atoms with E-state index in [9.17, 15) is 5.26 Å². The molecular weight excluding hydrogens is 312 g/mol. The van der Waals surface area contributed by atoms with E-state index in [0.717, 1.165) is 55.5 Å². The Balaban J connectivity index is 1.53. The monoisotopic (exact) mass is 336 g/mol. The first-order chi connectivity index (χ1) is 12.2. The highest BCUT2D eigenvalue weighted by Gasteiger charge is 2.21. The number of anilines is 1. The molecule has 0 spiro atoms. The van der Waals surface area contributed by atoms with Gasteiger partial charge in [0.25, 0.3) is 0 Å². The highest BCUT2D eigenvalue weighted by Crippen LogP contribution is 2.23. The molecule has 0 atom stereocenters. The number of piperazine rings is 1. The number of aryl methyl sites for hydroxylation is 2. The van der Waals surface area contributed by atoms with Crippen molar-refractivity contribution < 1.29 is 4.74 Å². The Kier molecular flexibility index (Phi) is 5.52. The lowest BCUT2D eigenvalue weighted by Gasteiger charge is -2.35. The molecule has 1 fully saturated rings. The van der Waals surface area contributed by atoms with E-state index < -0.39 is 0 Å². The van der Waals surface area contributed by atoms with Crippen molar-refractivity contribution in [2.75, 3.05) is 44.2 Å². The SMILES string of the molecule is Cc1cc(C)c(C#N)c(N2CCN(CCOc3ccccc3)CC2)n1. The van der Waals surface area contributed by atoms with Crippen LogP contribution >= 0.6 is 0 Å². The minimum Gasteiger partial charge on any atom is -0.492 e. The van der Waals surface area contributed by atoms with Gasteiger partial charge in [0.2, 0.25) is 0 Å². The Morgan fingerprint density at radius 3 is 2.52 bits per heavy atom. The molecule has 2 aromatic rings. The average molecular weight is 336 g/mol. The summed E-state index contributed by atoms with van der Waals surface area (Å²) in [6.45, 7) is 9.24. The molecule has 0 unspecified atom stereocenters. The molecule has 1 aliphatic heterocycles. The maximum absolute atomic E-state index is 9.45. The molecule has 5 heteroatoms. The first-order valence-electron chi connectivity index (χ1n) is 8.71. The van der Waals surface area contributed by atoms with E-state index in [0.29, 0.717) is 12.2 Å². The number of hydrogen-bond donors (Lipinski definition) is 0. The van der Waals surface area contributed by atoms with Gasteiger partial charge in [0.05, 0.1) is 5.56 Å². The topological polar surface area (TPSA) is 52.4 Å². The quantitative estimate of drug-likeness (QED) is 0.840. The molecule has 0 saturated carbocycles. The summed E-state index contributed by atoms with van der Waals surface area (Å²) in [7, 11) is 0. The van der Waals surface area contributed by atoms with E-state index in [1.807, 2.05) is 50.2 Å². The van der Waals surface area contributed by atoms with Crippen molar-refractivity contribution >= 4 is 5.82 Å². The Hall–Kier alpha value is -2.58. The molecule has 5 nitrogen and oxygen atoms in total. The summed E-state index contributed by atoms with van der Waals surface area (Å²) in [5.41, 5.74) is 2.67. The van der Waals surface area contributed by atoms with Gasteiger partial charge in [0.1, 0.15) is 24.2 Å². The summed E-state index contributed by atoms with van der Waals surface area (Å²) in [5, 5.41) is 9.45. The summed E-state index contributed by atoms with van der Waals surface area (Å²) >= 11 is 0. The van der Waals surface area contributed by atoms with Gasteiger partial charge >= 0.3 is 0 Å². The molecule has 1 aliphatic rings. The number of nitriles is 1. The third kappa shape index (κ3) is 4.28. The molecule has 0 amide bonds. The van der Waals surface area contributed by atoms with Crippen LogP contribution in [0.5, 0.6) is 5.75 Å². The lowest BCUT2D eigenvalue weighted by atomic mass is 10.1. The van der Waals surface area contributed by atoms with Crippen LogP contribution in [0.1, 0.15) is 16.8 Å². The van der Waals surface area contributed by atoms with Crippen LogP contribution in [-0.4, -0.2) is 49.2 Å². The number of para-hydroxylation sites is 1. The predicted molar refractivity (Wildman–Crippen MR) is 99.0 cm³/mol. The van der Waals surface area contributed by atoms with Crippen LogP contribution in [0.3, 0.4) is 0 Å². The maximum Gasteiger partial charge on any atom is 0.147 e. The van der Waals surface area contributed by atoms with Crippen molar-refractivity contribution in [3.05, 3.63) is 53.2 Å². The molecule has 0 aliphatic carbocycles. The van der Waals surface area contributed by atoms with Crippen LogP contribution < -0.4 is 9.64 Å². The molecule has 0 radical (unpaired) electrons. The molecule has 0 bridgehead atoms. The smallest absolute Gasteiger partial charge is 0.147 e. The van der Waals surface area contributed by atoms with Crippen LogP contribution in [0.15, 0.2) is 36.4 Å². The Labute approximate surface area is 149 Å². The number of benzene rings is 1. The lowest BCUT2D eigenvalue weighted by Crippen LogP contribution is -2.48. The predicted octanol–water partition coefficient (Wildman–Crippen LogP) is 2.77. The van der Waals surface area contributed by atoms with E-state index in [1.54, 1.807) is 0 Å². The molecule has 3 rings (SSSR count). The van der Waals surface area contributed by atoms with Gasteiger partial charge in [0.15, 0.2) is 0 Å². The average Bonchev–Trinajstić information content (AvgIpc) is 2.63. The van der Waals surface area contributed by atoms with Gasteiger partial charge in [-0.3, -0.25) is 4.90 Å². The van der Waals surface area contributed by atoms with Crippen LogP contribution in [0, 0.1) is 25.2 Å². The van der Waals surface area contributed by atoms with Gasteiger partial charge in [0, 0.05) is 38.4 Å². The summed E-state index contributed by atoms with van der Waals surface area (Å²) < 4.78 is 5.78. The summed E-state index contributed by atoms with van der Waals surface area (Å²) in [6.07, 6.45) is 0. The van der Waals surface area contributed by atoms with Crippen molar-refractivity contribution in [2.24, 2.45) is 0 Å². The van der Waals surface area contributed by atoms with Gasteiger partial charge < -0.3 is 9.64 Å². The van der Waals surface area contributed by atoms with Crippen LogP contribution in [0.2, 0.25) is 0 Å². The lowest BCUT2D eigenvalue weighted by molar-refractivity contribution is 0.200. The molecule has 1 saturated heterocycles. The van der Waals surface area contributed by atoms with Crippen molar-refractivity contribution in [3.63, 3.8) is 0 Å². The maximum atomic E-state index is 9.45. The van der Waals surface area contributed by atoms with E-state index in [1.165, 1.54) is 0 Å². The second-order valence-electron chi connectivity index (χ2n) is 6.38. The van der Waals surface area contributed by atoms with E-state index in [4.69, 9.17) is 4.74 Å². The molecule has 0 N–H and O–H groups in total. The minimum absolute atomic E-state index is 0.690. The summed E-state index contributed by atoms with van der Waals surface area (Å²) in [4.78, 5) is 9.24. The van der Waals surface area contributed by atoms with Crippen molar-refractivity contribution in [3.8, 4) is 11.8 Å². The normalized spacial score (nSPS) is 15.0. The van der Waals surface area contributed by atoms with Crippen molar-refractivity contribution in [1.29, 1.82) is 5.26 Å². The van der Waals surface area contributed by atoms with E-state index >= 15 is 0 Å². The second kappa shape index (κ2) is 8.00. The number of nitrogens with zero attached hydrogens (tertiary/aromatic N) is 4. The summed E-state index contributed by atoms with van der Waals surface area (Å²) in [6, 6.07) is 14.2. The fourth-order valence-electron chi connectivity index (χ4n) is 3.18. The zero-order valence-electron chi connectivity index (χ0n) is 14.9. The number of hydrogen-bond acceptors (Lipinski definition) is 5. The molecular formula is C20H24N4O. The third-order valence-corrected chi connectivity index (χ3v) is 4.53. The van der Waals surface area contributed by atoms with Gasteiger partial charge in [-0.2, -0.15) is 5.26 Å². The molecule has 130 valence electrons. The van der Waals surface area contributed by atoms with Gasteiger partial charge in [-0.15, -0.1) is 0 Å². The van der Waals surface area contributed by atoms with Crippen LogP contribution in [0.4, 0.5) is 5.82 Å². The first-order valence-corrected chi connectivity index (χ1v) is 8.71. The number of aromatic nitrogens is 1. The Morgan fingerprint density at radius 2 is 1.84 bits per heavy atom. The molecule has 1 aromatic carbocycles. The Bertz CT molecular complexity index is 746. The zero-order chi connectivity index (χ0) is 17.6. The Morgan fingerprint density at radius 1 is 1.12 bits per heavy atom. The number of pyridine rings is 1.